The molecule has 0 saturated carbocycles. The van der Waals surface area contributed by atoms with Crippen molar-refractivity contribution in [1.29, 1.82) is 0 Å². The van der Waals surface area contributed by atoms with Gasteiger partial charge in [0.1, 0.15) is 0 Å². The van der Waals surface area contributed by atoms with Gasteiger partial charge >= 0.3 is 0 Å². The molecule has 1 N–H and O–H groups in total. The van der Waals surface area contributed by atoms with Gasteiger partial charge in [0, 0.05) is 32.8 Å². The zero-order valence-corrected chi connectivity index (χ0v) is 13.7. The average molecular weight is 347 g/mol. The van der Waals surface area contributed by atoms with Crippen molar-refractivity contribution in [2.45, 2.75) is 52.0 Å². The quantitative estimate of drug-likeness (QED) is 0.910. The molecule has 134 valence electrons. The number of benzene rings is 1. The molecule has 0 radical (unpaired) electrons. The smallest absolute Gasteiger partial charge is 0.161 e. The Bertz CT molecular complexity index is 1000. The Morgan fingerprint density at radius 2 is 2.21 bits per heavy atom. The maximum absolute atomic E-state index is 11.1. The van der Waals surface area contributed by atoms with Gasteiger partial charge in [-0.2, -0.15) is 0 Å². The molecular weight excluding hydrogens is 302 g/mol. The Labute approximate surface area is 164 Å². The molecule has 0 amide bonds. The van der Waals surface area contributed by atoms with E-state index in [9.17, 15) is 5.11 Å². The summed E-state index contributed by atoms with van der Waals surface area (Å²) in [4.78, 5) is 1.27. The number of rotatable bonds is 3. The van der Waals surface area contributed by atoms with E-state index in [2.05, 4.69) is 0 Å². The summed E-state index contributed by atoms with van der Waals surface area (Å²) in [5.41, 5.74) is -1.86. The van der Waals surface area contributed by atoms with Crippen LogP contribution in [0.25, 0.3) is 0 Å². The first-order valence-corrected chi connectivity index (χ1v) is 7.85. The molecule has 0 aliphatic carbocycles. The average Bonchev–Trinajstić information content (AvgIpc) is 2.69. The van der Waals surface area contributed by atoms with Crippen LogP contribution in [0.3, 0.4) is 0 Å². The molecule has 0 aromatic heterocycles. The van der Waals surface area contributed by atoms with Crippen LogP contribution in [0.5, 0.6) is 11.5 Å². The highest BCUT2D eigenvalue weighted by Crippen LogP contribution is 2.44. The number of fused-ring (bicyclic) bond motifs is 3. The van der Waals surface area contributed by atoms with E-state index in [1.165, 1.54) is 18.1 Å². The zero-order chi connectivity index (χ0) is 28.6. The summed E-state index contributed by atoms with van der Waals surface area (Å²) < 4.78 is 115. The first kappa shape index (κ1) is 7.55. The Balaban J connectivity index is 2.12. The van der Waals surface area contributed by atoms with Crippen LogP contribution in [-0.2, 0) is 6.42 Å². The van der Waals surface area contributed by atoms with E-state index in [1.807, 2.05) is 0 Å². The minimum Gasteiger partial charge on any atom is -0.493 e. The molecule has 4 heteroatoms. The van der Waals surface area contributed by atoms with Gasteiger partial charge in [0.25, 0.3) is 0 Å². The second-order valence-electron chi connectivity index (χ2n) is 6.44. The van der Waals surface area contributed by atoms with E-state index >= 15 is 0 Å². The largest absolute Gasteiger partial charge is 0.493 e. The predicted molar refractivity (Wildman–Crippen MR) is 95.7 cm³/mol. The third kappa shape index (κ3) is 3.40. The molecule has 3 unspecified atom stereocenters. The molecular formula is C20H31NO3. The molecule has 0 bridgehead atoms. The molecule has 1 saturated heterocycles. The van der Waals surface area contributed by atoms with E-state index in [1.54, 1.807) is 6.07 Å². The molecule has 3 atom stereocenters. The third-order valence-corrected chi connectivity index (χ3v) is 4.49. The molecule has 24 heavy (non-hydrogen) atoms. The van der Waals surface area contributed by atoms with Gasteiger partial charge in [0.05, 0.1) is 24.4 Å². The molecule has 2 aliphatic heterocycles. The van der Waals surface area contributed by atoms with Crippen molar-refractivity contribution < 1.29 is 32.4 Å². The van der Waals surface area contributed by atoms with Crippen LogP contribution in [0.15, 0.2) is 12.1 Å². The van der Waals surface area contributed by atoms with Gasteiger partial charge in [-0.3, -0.25) is 4.90 Å². The first-order valence-electron chi connectivity index (χ1n) is 14.4. The first-order chi connectivity index (χ1) is 16.5. The number of hydrogen-bond acceptors (Lipinski definition) is 4. The van der Waals surface area contributed by atoms with Gasteiger partial charge in [-0.25, -0.2) is 0 Å². The van der Waals surface area contributed by atoms with E-state index in [0.29, 0.717) is 11.1 Å². The highest BCUT2D eigenvalue weighted by Gasteiger charge is 2.39. The summed E-state index contributed by atoms with van der Waals surface area (Å²) >= 11 is 0. The van der Waals surface area contributed by atoms with Crippen molar-refractivity contribution in [3.63, 3.8) is 0 Å². The Morgan fingerprint density at radius 1 is 1.42 bits per heavy atom. The van der Waals surface area contributed by atoms with Gasteiger partial charge in [-0.1, -0.05) is 20.6 Å². The van der Waals surface area contributed by atoms with Crippen LogP contribution >= 0.6 is 0 Å². The lowest BCUT2D eigenvalue weighted by atomic mass is 9.75. The summed E-state index contributed by atoms with van der Waals surface area (Å²) in [5, 5.41) is 11.1. The number of aliphatic hydroxyl groups excluding tert-OH is 1. The summed E-state index contributed by atoms with van der Waals surface area (Å²) in [7, 11) is -1.46. The summed E-state index contributed by atoms with van der Waals surface area (Å²) in [6.45, 7) is -8.57. The van der Waals surface area contributed by atoms with Gasteiger partial charge < -0.3 is 14.6 Å². The number of aliphatic hydroxyl groups is 1. The lowest BCUT2D eigenvalue weighted by molar-refractivity contribution is -0.0259. The predicted octanol–water partition coefficient (Wildman–Crippen LogP) is 3.42. The number of ether oxygens (including phenoxy) is 2. The van der Waals surface area contributed by atoms with Crippen LogP contribution in [0.4, 0.5) is 0 Å². The fourth-order valence-electron chi connectivity index (χ4n) is 3.43. The molecule has 0 spiro atoms. The second kappa shape index (κ2) is 6.57. The van der Waals surface area contributed by atoms with Crippen molar-refractivity contribution in [3.05, 3.63) is 23.3 Å². The van der Waals surface area contributed by atoms with Crippen molar-refractivity contribution in [2.24, 2.45) is 11.3 Å². The summed E-state index contributed by atoms with van der Waals surface area (Å²) in [6, 6.07) is 2.11. The summed E-state index contributed by atoms with van der Waals surface area (Å²) in [6.07, 6.45) is -4.98. The van der Waals surface area contributed by atoms with Crippen molar-refractivity contribution in [2.75, 3.05) is 27.2 Å². The van der Waals surface area contributed by atoms with Crippen LogP contribution in [0, 0.1) is 11.3 Å². The van der Waals surface area contributed by atoms with Crippen LogP contribution < -0.4 is 9.47 Å². The van der Waals surface area contributed by atoms with Gasteiger partial charge in [0.2, 0.25) is 0 Å². The van der Waals surface area contributed by atoms with Crippen LogP contribution in [-0.4, -0.2) is 43.3 Å². The Hall–Kier alpha value is -1.26. The standard InChI is InChI=1S/C20H31NO3/c1-20(2,3)11-14-12-21-7-6-13-8-18(23-4)19(24-5)9-15(13)16(21)10-17(14)22/h8-9,14,16-17,22H,6-7,10-12H2,1-5H3/i1D3,2D3,5D3,11D2,12D2. The highest BCUT2D eigenvalue weighted by molar-refractivity contribution is 5.49. The van der Waals surface area contributed by atoms with Crippen LogP contribution in [0.1, 0.15) is 68.4 Å². The second-order valence-corrected chi connectivity index (χ2v) is 6.44. The third-order valence-electron chi connectivity index (χ3n) is 4.49. The minimum absolute atomic E-state index is 0.0465. The fourth-order valence-corrected chi connectivity index (χ4v) is 3.43. The normalized spacial score (nSPS) is 39.6. The molecule has 4 nitrogen and oxygen atoms in total. The van der Waals surface area contributed by atoms with Crippen LogP contribution in [0.2, 0.25) is 0 Å². The zero-order valence-electron chi connectivity index (χ0n) is 26.7. The number of piperidine rings is 1. The summed E-state index contributed by atoms with van der Waals surface area (Å²) in [5.74, 6) is -1.99. The monoisotopic (exact) mass is 346 g/mol. The van der Waals surface area contributed by atoms with Crippen molar-refractivity contribution in [3.8, 4) is 11.5 Å². The Kier molecular flexibility index (Phi) is 2.06. The van der Waals surface area contributed by atoms with Crippen molar-refractivity contribution in [1.82, 2.24) is 4.90 Å². The molecule has 1 fully saturated rings. The minimum atomic E-state index is -3.35. The number of methoxy groups -OCH3 is 2. The van der Waals surface area contributed by atoms with E-state index < -0.39 is 57.1 Å². The van der Waals surface area contributed by atoms with Gasteiger partial charge in [-0.05, 0) is 53.8 Å². The van der Waals surface area contributed by atoms with E-state index in [-0.39, 0.29) is 30.9 Å². The van der Waals surface area contributed by atoms with Gasteiger partial charge in [-0.15, -0.1) is 0 Å². The highest BCUT2D eigenvalue weighted by atomic mass is 16.5. The van der Waals surface area contributed by atoms with Crippen molar-refractivity contribution >= 4 is 0 Å². The molecule has 3 rings (SSSR count). The maximum atomic E-state index is 11.1. The Morgan fingerprint density at radius 3 is 2.92 bits per heavy atom. The fraction of sp³-hybridized carbons (Fsp3) is 0.700. The maximum Gasteiger partial charge on any atom is 0.161 e. The lowest BCUT2D eigenvalue weighted by Gasteiger charge is -2.47. The van der Waals surface area contributed by atoms with E-state index in [0.717, 1.165) is 6.92 Å². The molecule has 2 heterocycles. The van der Waals surface area contributed by atoms with Gasteiger partial charge in [0.15, 0.2) is 11.5 Å². The number of hydrogen-bond donors (Lipinski definition) is 1. The SMILES string of the molecule is [2H]C([2H])([2H])Oc1cc2c(cc1OC)CCN1C2CC(O)C(C([2H])([2H])C(C)(C([2H])([2H])[2H])C([2H])([2H])[2H])C1([2H])[2H]. The topological polar surface area (TPSA) is 41.9 Å². The molecule has 2 aliphatic rings. The van der Waals surface area contributed by atoms with E-state index in [4.69, 9.17) is 27.3 Å². The number of nitrogens with zero attached hydrogens (tertiary/aromatic N) is 1. The molecule has 1 aromatic rings. The lowest BCUT2D eigenvalue weighted by Crippen LogP contribution is -2.48. The molecule has 1 aromatic carbocycles.